The summed E-state index contributed by atoms with van der Waals surface area (Å²) in [6.45, 7) is 0. The molecular formula is C14H9Cl2N3OS. The van der Waals surface area contributed by atoms with Crippen molar-refractivity contribution in [1.82, 2.24) is 14.4 Å². The van der Waals surface area contributed by atoms with Crippen LogP contribution in [0.1, 0.15) is 5.56 Å². The van der Waals surface area contributed by atoms with E-state index >= 15 is 0 Å². The Morgan fingerprint density at radius 3 is 2.81 bits per heavy atom. The van der Waals surface area contributed by atoms with Gasteiger partial charge in [0.05, 0.1) is 0 Å². The SMILES string of the molecule is O=c1nc(SCc2ccc(Cl)cc2Cl)nc2ccccn12. The average molecular weight is 338 g/mol. The van der Waals surface area contributed by atoms with Crippen LogP contribution in [0.2, 0.25) is 10.0 Å². The molecule has 1 aromatic carbocycles. The standard InChI is InChI=1S/C14H9Cl2N3OS/c15-10-5-4-9(11(16)7-10)8-21-13-17-12-3-1-2-6-19(12)14(20)18-13/h1-7H,8H2. The summed E-state index contributed by atoms with van der Waals surface area (Å²) < 4.78 is 1.40. The first kappa shape index (κ1) is 14.4. The predicted octanol–water partition coefficient (Wildman–Crippen LogP) is 3.69. The number of pyridine rings is 1. The molecule has 4 nitrogen and oxygen atoms in total. The normalized spacial score (nSPS) is 11.0. The summed E-state index contributed by atoms with van der Waals surface area (Å²) in [7, 11) is 0. The van der Waals surface area contributed by atoms with E-state index in [1.165, 1.54) is 16.2 Å². The molecule has 0 saturated carbocycles. The van der Waals surface area contributed by atoms with E-state index in [0.717, 1.165) is 5.56 Å². The second-order valence-corrected chi connectivity index (χ2v) is 6.03. The highest BCUT2D eigenvalue weighted by molar-refractivity contribution is 7.98. The lowest BCUT2D eigenvalue weighted by atomic mass is 10.2. The van der Waals surface area contributed by atoms with Gasteiger partial charge in [0.2, 0.25) is 0 Å². The van der Waals surface area contributed by atoms with Gasteiger partial charge in [0.15, 0.2) is 5.16 Å². The van der Waals surface area contributed by atoms with Gasteiger partial charge in [-0.05, 0) is 29.8 Å². The molecule has 0 bridgehead atoms. The van der Waals surface area contributed by atoms with Crippen LogP contribution in [0.5, 0.6) is 0 Å². The molecule has 2 heterocycles. The first-order chi connectivity index (χ1) is 10.1. The molecule has 21 heavy (non-hydrogen) atoms. The van der Waals surface area contributed by atoms with Crippen LogP contribution in [0.25, 0.3) is 5.65 Å². The quantitative estimate of drug-likeness (QED) is 0.684. The molecular weight excluding hydrogens is 329 g/mol. The maximum absolute atomic E-state index is 11.9. The first-order valence-electron chi connectivity index (χ1n) is 6.05. The highest BCUT2D eigenvalue weighted by Crippen LogP contribution is 2.26. The molecule has 0 fully saturated rings. The van der Waals surface area contributed by atoms with Crippen molar-refractivity contribution < 1.29 is 0 Å². The van der Waals surface area contributed by atoms with Gasteiger partial charge in [-0.3, -0.25) is 4.40 Å². The molecule has 0 N–H and O–H groups in total. The molecule has 0 amide bonds. The van der Waals surface area contributed by atoms with Crippen LogP contribution < -0.4 is 5.69 Å². The van der Waals surface area contributed by atoms with E-state index in [2.05, 4.69) is 9.97 Å². The Morgan fingerprint density at radius 1 is 1.14 bits per heavy atom. The van der Waals surface area contributed by atoms with E-state index in [4.69, 9.17) is 23.2 Å². The fraction of sp³-hybridized carbons (Fsp3) is 0.0714. The lowest BCUT2D eigenvalue weighted by Crippen LogP contribution is -2.18. The molecule has 0 radical (unpaired) electrons. The Balaban J connectivity index is 1.87. The third-order valence-electron chi connectivity index (χ3n) is 2.82. The average Bonchev–Trinajstić information content (AvgIpc) is 2.46. The molecule has 3 rings (SSSR count). The topological polar surface area (TPSA) is 47.3 Å². The van der Waals surface area contributed by atoms with E-state index in [1.54, 1.807) is 30.5 Å². The van der Waals surface area contributed by atoms with E-state index in [-0.39, 0.29) is 5.69 Å². The van der Waals surface area contributed by atoms with Crippen LogP contribution in [0.15, 0.2) is 52.5 Å². The maximum Gasteiger partial charge on any atom is 0.355 e. The summed E-state index contributed by atoms with van der Waals surface area (Å²) >= 11 is 13.3. The fourth-order valence-corrected chi connectivity index (χ4v) is 3.18. The van der Waals surface area contributed by atoms with Crippen LogP contribution in [-0.4, -0.2) is 14.4 Å². The number of aromatic nitrogens is 3. The summed E-state index contributed by atoms with van der Waals surface area (Å²) in [5.74, 6) is 0.568. The number of hydrogen-bond donors (Lipinski definition) is 0. The molecule has 106 valence electrons. The van der Waals surface area contributed by atoms with Crippen LogP contribution in [-0.2, 0) is 5.75 Å². The lowest BCUT2D eigenvalue weighted by Gasteiger charge is -2.05. The number of halogens is 2. The lowest BCUT2D eigenvalue weighted by molar-refractivity contribution is 0.846. The van der Waals surface area contributed by atoms with Gasteiger partial charge in [0, 0.05) is 22.0 Å². The molecule has 0 atom stereocenters. The van der Waals surface area contributed by atoms with Crippen molar-refractivity contribution in [3.05, 3.63) is 68.7 Å². The van der Waals surface area contributed by atoms with Crippen molar-refractivity contribution in [1.29, 1.82) is 0 Å². The van der Waals surface area contributed by atoms with E-state index in [9.17, 15) is 4.79 Å². The molecule has 2 aromatic heterocycles. The summed E-state index contributed by atoms with van der Waals surface area (Å²) in [4.78, 5) is 20.2. The minimum absolute atomic E-state index is 0.342. The van der Waals surface area contributed by atoms with Gasteiger partial charge in [-0.25, -0.2) is 9.78 Å². The summed E-state index contributed by atoms with van der Waals surface area (Å²) in [5, 5.41) is 1.61. The van der Waals surface area contributed by atoms with Crippen LogP contribution in [0.4, 0.5) is 0 Å². The monoisotopic (exact) mass is 337 g/mol. The van der Waals surface area contributed by atoms with Crippen LogP contribution in [0, 0.1) is 0 Å². The molecule has 0 aliphatic rings. The molecule has 0 spiro atoms. The number of benzene rings is 1. The second-order valence-electron chi connectivity index (χ2n) is 4.24. The van der Waals surface area contributed by atoms with E-state index in [1.807, 2.05) is 12.1 Å². The Kier molecular flexibility index (Phi) is 4.14. The van der Waals surface area contributed by atoms with Gasteiger partial charge in [-0.1, -0.05) is 47.1 Å². The number of hydrogen-bond acceptors (Lipinski definition) is 4. The zero-order valence-electron chi connectivity index (χ0n) is 10.7. The zero-order chi connectivity index (χ0) is 14.8. The summed E-state index contributed by atoms with van der Waals surface area (Å²) in [5.41, 5.74) is 1.15. The van der Waals surface area contributed by atoms with Gasteiger partial charge >= 0.3 is 5.69 Å². The van der Waals surface area contributed by atoms with Gasteiger partial charge in [0.25, 0.3) is 0 Å². The van der Waals surface area contributed by atoms with Crippen LogP contribution in [0.3, 0.4) is 0 Å². The first-order valence-corrected chi connectivity index (χ1v) is 7.80. The van der Waals surface area contributed by atoms with Crippen molar-refractivity contribution >= 4 is 40.6 Å². The number of fused-ring (bicyclic) bond motifs is 1. The van der Waals surface area contributed by atoms with Gasteiger partial charge in [-0.15, -0.1) is 0 Å². The number of rotatable bonds is 3. The minimum Gasteiger partial charge on any atom is -0.251 e. The number of thioether (sulfide) groups is 1. The third kappa shape index (κ3) is 3.20. The molecule has 0 aliphatic heterocycles. The van der Waals surface area contributed by atoms with Crippen molar-refractivity contribution in [3.8, 4) is 0 Å². The van der Waals surface area contributed by atoms with Crippen molar-refractivity contribution in [2.24, 2.45) is 0 Å². The predicted molar refractivity (Wildman–Crippen MR) is 85.3 cm³/mol. The van der Waals surface area contributed by atoms with E-state index in [0.29, 0.717) is 26.6 Å². The highest BCUT2D eigenvalue weighted by atomic mass is 35.5. The van der Waals surface area contributed by atoms with Crippen molar-refractivity contribution in [2.75, 3.05) is 0 Å². The summed E-state index contributed by atoms with van der Waals surface area (Å²) in [6.07, 6.45) is 1.64. The molecule has 0 aliphatic carbocycles. The Morgan fingerprint density at radius 2 is 2.00 bits per heavy atom. The summed E-state index contributed by atoms with van der Waals surface area (Å²) in [6, 6.07) is 10.7. The van der Waals surface area contributed by atoms with E-state index < -0.39 is 0 Å². The molecule has 3 aromatic rings. The molecule has 7 heteroatoms. The second kappa shape index (κ2) is 6.05. The van der Waals surface area contributed by atoms with Gasteiger partial charge in [-0.2, -0.15) is 4.98 Å². The molecule has 0 saturated heterocycles. The van der Waals surface area contributed by atoms with Crippen LogP contribution >= 0.6 is 35.0 Å². The van der Waals surface area contributed by atoms with Crippen molar-refractivity contribution in [2.45, 2.75) is 10.9 Å². The zero-order valence-corrected chi connectivity index (χ0v) is 13.0. The van der Waals surface area contributed by atoms with Gasteiger partial charge in [0.1, 0.15) is 5.65 Å². The van der Waals surface area contributed by atoms with Gasteiger partial charge < -0.3 is 0 Å². The minimum atomic E-state index is -0.342. The maximum atomic E-state index is 11.9. The molecule has 0 unspecified atom stereocenters. The Bertz CT molecular complexity index is 866. The van der Waals surface area contributed by atoms with Crippen molar-refractivity contribution in [3.63, 3.8) is 0 Å². The fourth-order valence-electron chi connectivity index (χ4n) is 1.79. The highest BCUT2D eigenvalue weighted by Gasteiger charge is 2.07. The largest absolute Gasteiger partial charge is 0.355 e. The smallest absolute Gasteiger partial charge is 0.251 e. The third-order valence-corrected chi connectivity index (χ3v) is 4.30. The number of nitrogens with zero attached hydrogens (tertiary/aromatic N) is 3. The Hall–Kier alpha value is -1.56. The Labute approximate surface area is 134 Å².